The summed E-state index contributed by atoms with van der Waals surface area (Å²) in [6.07, 6.45) is 4.09. The van der Waals surface area contributed by atoms with Crippen molar-refractivity contribution in [2.75, 3.05) is 0 Å². The number of hydrogen-bond donors (Lipinski definition) is 4. The van der Waals surface area contributed by atoms with Crippen LogP contribution in [0.25, 0.3) is 0 Å². The third kappa shape index (κ3) is 8.36. The molecule has 0 aliphatic rings. The minimum Gasteiger partial charge on any atom is -0.508 e. The SMILES string of the molecule is C#CN(C(=O)C(CC(N)=O)NC(=O)OC(C)(C)C)C(C(=O)NCc1ccccc1)c1cccc(O)c1. The summed E-state index contributed by atoms with van der Waals surface area (Å²) >= 11 is 0. The summed E-state index contributed by atoms with van der Waals surface area (Å²) in [5.41, 5.74) is 5.42. The molecule has 0 aromatic heterocycles. The van der Waals surface area contributed by atoms with Gasteiger partial charge in [-0.05, 0) is 44.0 Å². The summed E-state index contributed by atoms with van der Waals surface area (Å²) in [7, 11) is 0. The first-order valence-corrected chi connectivity index (χ1v) is 11.1. The number of amides is 4. The molecule has 0 fully saturated rings. The summed E-state index contributed by atoms with van der Waals surface area (Å²) < 4.78 is 5.17. The van der Waals surface area contributed by atoms with Crippen LogP contribution in [0.1, 0.15) is 44.4 Å². The van der Waals surface area contributed by atoms with Crippen LogP contribution >= 0.6 is 0 Å². The highest BCUT2D eigenvalue weighted by Crippen LogP contribution is 2.25. The quantitative estimate of drug-likeness (QED) is 0.309. The average Bonchev–Trinajstić information content (AvgIpc) is 2.79. The zero-order valence-corrected chi connectivity index (χ0v) is 20.4. The molecular formula is C26H30N4O6. The molecule has 10 nitrogen and oxygen atoms in total. The Morgan fingerprint density at radius 3 is 2.33 bits per heavy atom. The number of nitrogens with one attached hydrogen (secondary N) is 2. The number of benzene rings is 2. The molecule has 0 aliphatic heterocycles. The van der Waals surface area contributed by atoms with E-state index in [2.05, 4.69) is 16.7 Å². The van der Waals surface area contributed by atoms with Gasteiger partial charge in [-0.25, -0.2) is 4.79 Å². The number of phenols is 1. The first kappa shape index (κ1) is 27.7. The molecule has 2 atom stereocenters. The van der Waals surface area contributed by atoms with Crippen LogP contribution in [0.2, 0.25) is 0 Å². The number of alkyl carbamates (subject to hydrolysis) is 1. The van der Waals surface area contributed by atoms with E-state index in [1.54, 1.807) is 32.9 Å². The number of aromatic hydroxyl groups is 1. The number of carbonyl (C=O) groups is 4. The summed E-state index contributed by atoms with van der Waals surface area (Å²) in [6.45, 7) is 5.02. The van der Waals surface area contributed by atoms with Gasteiger partial charge in [-0.1, -0.05) is 48.9 Å². The summed E-state index contributed by atoms with van der Waals surface area (Å²) in [5.74, 6) is -2.63. The third-order valence-electron chi connectivity index (χ3n) is 4.77. The Morgan fingerprint density at radius 2 is 1.78 bits per heavy atom. The molecule has 2 unspecified atom stereocenters. The molecule has 0 spiro atoms. The van der Waals surface area contributed by atoms with Gasteiger partial charge in [-0.15, -0.1) is 0 Å². The lowest BCUT2D eigenvalue weighted by Gasteiger charge is -2.30. The Hall–Kier alpha value is -4.52. The molecular weight excluding hydrogens is 464 g/mol. The Morgan fingerprint density at radius 1 is 1.11 bits per heavy atom. The van der Waals surface area contributed by atoms with Gasteiger partial charge in [0, 0.05) is 12.6 Å². The zero-order valence-electron chi connectivity index (χ0n) is 20.4. The summed E-state index contributed by atoms with van der Waals surface area (Å²) in [6, 6.07) is 14.0. The van der Waals surface area contributed by atoms with Gasteiger partial charge in [0.25, 0.3) is 5.91 Å². The molecule has 5 N–H and O–H groups in total. The van der Waals surface area contributed by atoms with Crippen molar-refractivity contribution in [3.63, 3.8) is 0 Å². The van der Waals surface area contributed by atoms with Crippen LogP contribution < -0.4 is 16.4 Å². The highest BCUT2D eigenvalue weighted by Gasteiger charge is 2.36. The normalized spacial score (nSPS) is 12.4. The molecule has 0 aliphatic carbocycles. The van der Waals surface area contributed by atoms with E-state index in [0.717, 1.165) is 10.5 Å². The van der Waals surface area contributed by atoms with Crippen LogP contribution in [0.4, 0.5) is 4.79 Å². The fourth-order valence-electron chi connectivity index (χ4n) is 3.28. The van der Waals surface area contributed by atoms with E-state index in [4.69, 9.17) is 16.9 Å². The number of carbonyl (C=O) groups excluding carboxylic acids is 4. The minimum atomic E-state index is -1.50. The van der Waals surface area contributed by atoms with Crippen LogP contribution in [-0.2, 0) is 25.7 Å². The predicted molar refractivity (Wildman–Crippen MR) is 132 cm³/mol. The molecule has 4 amide bonds. The average molecular weight is 495 g/mol. The second-order valence-corrected chi connectivity index (χ2v) is 8.91. The van der Waals surface area contributed by atoms with E-state index in [0.29, 0.717) is 0 Å². The van der Waals surface area contributed by atoms with E-state index in [1.807, 2.05) is 18.2 Å². The topological polar surface area (TPSA) is 151 Å². The molecule has 10 heteroatoms. The smallest absolute Gasteiger partial charge is 0.408 e. The van der Waals surface area contributed by atoms with Crippen molar-refractivity contribution in [3.8, 4) is 18.2 Å². The maximum atomic E-state index is 13.5. The van der Waals surface area contributed by atoms with Crippen LogP contribution in [0.5, 0.6) is 5.75 Å². The van der Waals surface area contributed by atoms with Crippen molar-refractivity contribution < 1.29 is 29.0 Å². The molecule has 0 radical (unpaired) electrons. The Kier molecular flexibility index (Phi) is 9.44. The van der Waals surface area contributed by atoms with Crippen LogP contribution in [0, 0.1) is 12.5 Å². The van der Waals surface area contributed by atoms with Gasteiger partial charge in [-0.3, -0.25) is 19.3 Å². The van der Waals surface area contributed by atoms with Crippen molar-refractivity contribution in [2.24, 2.45) is 5.73 Å². The second-order valence-electron chi connectivity index (χ2n) is 8.91. The number of primary amides is 1. The largest absolute Gasteiger partial charge is 0.508 e. The van der Waals surface area contributed by atoms with E-state index in [9.17, 15) is 24.3 Å². The van der Waals surface area contributed by atoms with Gasteiger partial charge in [-0.2, -0.15) is 0 Å². The maximum Gasteiger partial charge on any atom is 0.408 e. The lowest BCUT2D eigenvalue weighted by molar-refractivity contribution is -0.139. The number of phenolic OH excluding ortho intramolecular Hbond substituents is 1. The fourth-order valence-corrected chi connectivity index (χ4v) is 3.28. The molecule has 0 heterocycles. The van der Waals surface area contributed by atoms with Crippen molar-refractivity contribution in [3.05, 3.63) is 65.7 Å². The molecule has 190 valence electrons. The van der Waals surface area contributed by atoms with Gasteiger partial charge >= 0.3 is 6.09 Å². The minimum absolute atomic E-state index is 0.141. The van der Waals surface area contributed by atoms with Crippen molar-refractivity contribution >= 4 is 23.8 Å². The molecule has 0 saturated carbocycles. The first-order valence-electron chi connectivity index (χ1n) is 11.1. The molecule has 2 rings (SSSR count). The van der Waals surface area contributed by atoms with Crippen molar-refractivity contribution in [1.29, 1.82) is 0 Å². The van der Waals surface area contributed by atoms with Gasteiger partial charge in [0.05, 0.1) is 6.42 Å². The van der Waals surface area contributed by atoms with E-state index < -0.39 is 47.9 Å². The monoisotopic (exact) mass is 494 g/mol. The first-order chi connectivity index (χ1) is 16.9. The van der Waals surface area contributed by atoms with Crippen LogP contribution in [0.15, 0.2) is 54.6 Å². The van der Waals surface area contributed by atoms with Crippen molar-refractivity contribution in [2.45, 2.75) is 51.4 Å². The Bertz CT molecular complexity index is 1140. The third-order valence-corrected chi connectivity index (χ3v) is 4.77. The van der Waals surface area contributed by atoms with E-state index in [-0.39, 0.29) is 17.9 Å². The second kappa shape index (κ2) is 12.3. The number of rotatable bonds is 9. The van der Waals surface area contributed by atoms with E-state index in [1.165, 1.54) is 24.3 Å². The summed E-state index contributed by atoms with van der Waals surface area (Å²) in [4.78, 5) is 51.5. The fraction of sp³-hybridized carbons (Fsp3) is 0.308. The standard InChI is InChI=1S/C26H30N4O6/c1-5-30(24(34)20(15-21(27)32)29-25(35)36-26(2,3)4)22(18-12-9-13-19(31)14-18)23(33)28-16-17-10-7-6-8-11-17/h1,6-14,20,22,31H,15-16H2,2-4H3,(H2,27,32)(H,28,33)(H,29,35). The lowest BCUT2D eigenvalue weighted by atomic mass is 10.0. The van der Waals surface area contributed by atoms with Gasteiger partial charge in [0.1, 0.15) is 23.4 Å². The number of hydrogen-bond acceptors (Lipinski definition) is 6. The Labute approximate surface area is 209 Å². The maximum absolute atomic E-state index is 13.5. The van der Waals surface area contributed by atoms with Crippen molar-refractivity contribution in [1.82, 2.24) is 15.5 Å². The molecule has 2 aromatic carbocycles. The number of nitrogens with two attached hydrogens (primary N) is 1. The summed E-state index contributed by atoms with van der Waals surface area (Å²) in [5, 5.41) is 15.0. The van der Waals surface area contributed by atoms with E-state index >= 15 is 0 Å². The number of nitrogens with zero attached hydrogens (tertiary/aromatic N) is 1. The van der Waals surface area contributed by atoms with Gasteiger partial charge in [0.15, 0.2) is 0 Å². The van der Waals surface area contributed by atoms with Crippen LogP contribution in [-0.4, -0.2) is 45.5 Å². The lowest BCUT2D eigenvalue weighted by Crippen LogP contribution is -2.52. The Balaban J connectivity index is 2.39. The number of terminal acetylenes is 1. The predicted octanol–water partition coefficient (Wildman–Crippen LogP) is 1.94. The number of ether oxygens (including phenoxy) is 1. The van der Waals surface area contributed by atoms with Gasteiger partial charge in [0.2, 0.25) is 11.8 Å². The van der Waals surface area contributed by atoms with Crippen LogP contribution in [0.3, 0.4) is 0 Å². The highest BCUT2D eigenvalue weighted by molar-refractivity contribution is 5.95. The molecule has 2 aromatic rings. The van der Waals surface area contributed by atoms with Gasteiger partial charge < -0.3 is 26.2 Å². The molecule has 36 heavy (non-hydrogen) atoms. The molecule has 0 saturated heterocycles. The molecule has 0 bridgehead atoms. The highest BCUT2D eigenvalue weighted by atomic mass is 16.6. The zero-order chi connectivity index (χ0) is 26.9.